The van der Waals surface area contributed by atoms with Gasteiger partial charge in [0, 0.05) is 20.1 Å². The Morgan fingerprint density at radius 1 is 1.39 bits per heavy atom. The van der Waals surface area contributed by atoms with Gasteiger partial charge in [0.1, 0.15) is 5.41 Å². The summed E-state index contributed by atoms with van der Waals surface area (Å²) >= 11 is 0. The van der Waals surface area contributed by atoms with Crippen molar-refractivity contribution in [1.82, 2.24) is 9.80 Å². The third-order valence-electron chi connectivity index (χ3n) is 3.79. The van der Waals surface area contributed by atoms with Crippen LogP contribution in [0.25, 0.3) is 0 Å². The first kappa shape index (κ1) is 14.5. The Labute approximate surface area is 108 Å². The van der Waals surface area contributed by atoms with Crippen LogP contribution in [0, 0.1) is 16.7 Å². The zero-order chi connectivity index (χ0) is 13.8. The normalized spacial score (nSPS) is 17.3. The van der Waals surface area contributed by atoms with Crippen molar-refractivity contribution in [1.29, 1.82) is 5.26 Å². The van der Waals surface area contributed by atoms with Crippen molar-refractivity contribution in [2.24, 2.45) is 5.41 Å². The van der Waals surface area contributed by atoms with E-state index in [1.54, 1.807) is 16.8 Å². The van der Waals surface area contributed by atoms with Crippen molar-refractivity contribution in [3.05, 3.63) is 0 Å². The van der Waals surface area contributed by atoms with Crippen LogP contribution in [0.5, 0.6) is 0 Å². The number of carbonyl (C=O) groups is 2. The largest absolute Gasteiger partial charge is 0.344 e. The topological polar surface area (TPSA) is 64.4 Å². The maximum atomic E-state index is 12.5. The van der Waals surface area contributed by atoms with E-state index in [1.807, 2.05) is 13.8 Å². The number of hydrogen-bond acceptors (Lipinski definition) is 3. The zero-order valence-electron chi connectivity index (χ0n) is 11.4. The number of hydrogen-bond donors (Lipinski definition) is 0. The monoisotopic (exact) mass is 251 g/mol. The number of nitriles is 1. The van der Waals surface area contributed by atoms with E-state index in [9.17, 15) is 14.9 Å². The SMILES string of the molecule is CCC(C#N)(CC)C(=O)N1CCCN(C)C(=O)C1. The van der Waals surface area contributed by atoms with Gasteiger partial charge < -0.3 is 9.80 Å². The van der Waals surface area contributed by atoms with Crippen molar-refractivity contribution in [3.63, 3.8) is 0 Å². The molecule has 18 heavy (non-hydrogen) atoms. The molecule has 0 spiro atoms. The molecule has 2 amide bonds. The second-order valence-electron chi connectivity index (χ2n) is 4.80. The summed E-state index contributed by atoms with van der Waals surface area (Å²) in [7, 11) is 1.74. The highest BCUT2D eigenvalue weighted by molar-refractivity contribution is 5.89. The molecule has 0 radical (unpaired) electrons. The molecule has 1 fully saturated rings. The van der Waals surface area contributed by atoms with Gasteiger partial charge in [-0.25, -0.2) is 0 Å². The molecular formula is C13H21N3O2. The summed E-state index contributed by atoms with van der Waals surface area (Å²) < 4.78 is 0. The summed E-state index contributed by atoms with van der Waals surface area (Å²) in [6.07, 6.45) is 1.74. The number of amides is 2. The van der Waals surface area contributed by atoms with Crippen molar-refractivity contribution in [2.45, 2.75) is 33.1 Å². The lowest BCUT2D eigenvalue weighted by molar-refractivity contribution is -0.143. The Morgan fingerprint density at radius 3 is 2.50 bits per heavy atom. The van der Waals surface area contributed by atoms with Crippen LogP contribution in [0.2, 0.25) is 0 Å². The summed E-state index contributed by atoms with van der Waals surface area (Å²) in [4.78, 5) is 27.4. The molecule has 1 aliphatic heterocycles. The van der Waals surface area contributed by atoms with E-state index in [-0.39, 0.29) is 18.4 Å². The lowest BCUT2D eigenvalue weighted by Gasteiger charge is -2.29. The van der Waals surface area contributed by atoms with Gasteiger partial charge in [-0.3, -0.25) is 9.59 Å². The third-order valence-corrected chi connectivity index (χ3v) is 3.79. The Balaban J connectivity index is 2.89. The summed E-state index contributed by atoms with van der Waals surface area (Å²) in [6, 6.07) is 2.14. The first-order valence-corrected chi connectivity index (χ1v) is 6.45. The first-order valence-electron chi connectivity index (χ1n) is 6.45. The Kier molecular flexibility index (Phi) is 4.71. The van der Waals surface area contributed by atoms with Crippen LogP contribution in [0.4, 0.5) is 0 Å². The standard InChI is InChI=1S/C13H21N3O2/c1-4-13(5-2,10-14)12(18)16-8-6-7-15(3)11(17)9-16/h4-9H2,1-3H3. The van der Waals surface area contributed by atoms with Crippen LogP contribution in [-0.4, -0.2) is 48.3 Å². The Bertz CT molecular complexity index is 369. The molecular weight excluding hydrogens is 230 g/mol. The van der Waals surface area contributed by atoms with Crippen LogP contribution in [-0.2, 0) is 9.59 Å². The van der Waals surface area contributed by atoms with Crippen LogP contribution < -0.4 is 0 Å². The molecule has 0 aromatic carbocycles. The molecule has 100 valence electrons. The lowest BCUT2D eigenvalue weighted by Crippen LogP contribution is -2.45. The molecule has 5 heteroatoms. The van der Waals surface area contributed by atoms with Crippen molar-refractivity contribution in [3.8, 4) is 6.07 Å². The van der Waals surface area contributed by atoms with Crippen LogP contribution in [0.1, 0.15) is 33.1 Å². The minimum absolute atomic E-state index is 0.0557. The summed E-state index contributed by atoms with van der Waals surface area (Å²) in [6.45, 7) is 5.00. The average molecular weight is 251 g/mol. The molecule has 0 atom stereocenters. The van der Waals surface area contributed by atoms with Gasteiger partial charge in [0.2, 0.25) is 11.8 Å². The fourth-order valence-corrected chi connectivity index (χ4v) is 2.22. The number of carbonyl (C=O) groups excluding carboxylic acids is 2. The molecule has 0 unspecified atom stereocenters. The fraction of sp³-hybridized carbons (Fsp3) is 0.769. The molecule has 1 aliphatic rings. The van der Waals surface area contributed by atoms with E-state index >= 15 is 0 Å². The third kappa shape index (κ3) is 2.63. The number of nitrogens with zero attached hydrogens (tertiary/aromatic N) is 3. The van der Waals surface area contributed by atoms with Crippen LogP contribution >= 0.6 is 0 Å². The molecule has 0 bridgehead atoms. The van der Waals surface area contributed by atoms with Gasteiger partial charge in [-0.15, -0.1) is 0 Å². The van der Waals surface area contributed by atoms with E-state index in [2.05, 4.69) is 6.07 Å². The molecule has 0 N–H and O–H groups in total. The molecule has 1 rings (SSSR count). The zero-order valence-corrected chi connectivity index (χ0v) is 11.4. The predicted molar refractivity (Wildman–Crippen MR) is 67.5 cm³/mol. The van der Waals surface area contributed by atoms with E-state index in [4.69, 9.17) is 0 Å². The highest BCUT2D eigenvalue weighted by Gasteiger charge is 2.39. The van der Waals surface area contributed by atoms with Gasteiger partial charge in [-0.05, 0) is 19.3 Å². The number of likely N-dealkylation sites (N-methyl/N-ethyl adjacent to an activating group) is 1. The smallest absolute Gasteiger partial charge is 0.243 e. The number of rotatable bonds is 3. The molecule has 5 nitrogen and oxygen atoms in total. The lowest BCUT2D eigenvalue weighted by atomic mass is 9.82. The van der Waals surface area contributed by atoms with Gasteiger partial charge in [-0.2, -0.15) is 5.26 Å². The maximum absolute atomic E-state index is 12.5. The Morgan fingerprint density at radius 2 is 2.00 bits per heavy atom. The molecule has 1 saturated heterocycles. The van der Waals surface area contributed by atoms with Gasteiger partial charge in [0.25, 0.3) is 0 Å². The fourth-order valence-electron chi connectivity index (χ4n) is 2.22. The van der Waals surface area contributed by atoms with E-state index in [0.717, 1.165) is 6.42 Å². The predicted octanol–water partition coefficient (Wildman–Crippen LogP) is 1.01. The minimum Gasteiger partial charge on any atom is -0.344 e. The Hall–Kier alpha value is -1.57. The van der Waals surface area contributed by atoms with Crippen LogP contribution in [0.3, 0.4) is 0 Å². The highest BCUT2D eigenvalue weighted by atomic mass is 16.2. The van der Waals surface area contributed by atoms with E-state index in [0.29, 0.717) is 25.9 Å². The molecule has 0 saturated carbocycles. The second kappa shape index (κ2) is 5.85. The van der Waals surface area contributed by atoms with E-state index < -0.39 is 5.41 Å². The summed E-state index contributed by atoms with van der Waals surface area (Å²) in [5, 5.41) is 9.27. The van der Waals surface area contributed by atoms with Crippen LogP contribution in [0.15, 0.2) is 0 Å². The van der Waals surface area contributed by atoms with Crippen molar-refractivity contribution >= 4 is 11.8 Å². The molecule has 0 aromatic heterocycles. The van der Waals surface area contributed by atoms with E-state index in [1.165, 1.54) is 0 Å². The first-order chi connectivity index (χ1) is 8.50. The second-order valence-corrected chi connectivity index (χ2v) is 4.80. The van der Waals surface area contributed by atoms with Gasteiger partial charge >= 0.3 is 0 Å². The maximum Gasteiger partial charge on any atom is 0.243 e. The molecule has 0 aromatic rings. The van der Waals surface area contributed by atoms with Crippen molar-refractivity contribution in [2.75, 3.05) is 26.7 Å². The minimum atomic E-state index is -0.969. The highest BCUT2D eigenvalue weighted by Crippen LogP contribution is 2.28. The average Bonchev–Trinajstić information content (AvgIpc) is 2.55. The van der Waals surface area contributed by atoms with Gasteiger partial charge in [0.15, 0.2) is 0 Å². The molecule has 0 aliphatic carbocycles. The molecule has 1 heterocycles. The van der Waals surface area contributed by atoms with Crippen molar-refractivity contribution < 1.29 is 9.59 Å². The quantitative estimate of drug-likeness (QED) is 0.752. The van der Waals surface area contributed by atoms with Gasteiger partial charge in [0.05, 0.1) is 12.6 Å². The summed E-state index contributed by atoms with van der Waals surface area (Å²) in [5.74, 6) is -0.251. The summed E-state index contributed by atoms with van der Waals surface area (Å²) in [5.41, 5.74) is -0.969. The van der Waals surface area contributed by atoms with Gasteiger partial charge in [-0.1, -0.05) is 13.8 Å².